The molecule has 2 rings (SSSR count). The number of ether oxygens (including phenoxy) is 1. The second-order valence-electron chi connectivity index (χ2n) is 5.02. The number of rotatable bonds is 6. The van der Waals surface area contributed by atoms with E-state index >= 15 is 0 Å². The van der Waals surface area contributed by atoms with Crippen molar-refractivity contribution in [1.82, 2.24) is 10.2 Å². The summed E-state index contributed by atoms with van der Waals surface area (Å²) in [5.74, 6) is 0.0319. The first-order chi connectivity index (χ1) is 10.1. The molecule has 0 aromatic carbocycles. The second kappa shape index (κ2) is 7.48. The third kappa shape index (κ3) is 4.48. The lowest BCUT2D eigenvalue weighted by atomic mass is 10.0. The Kier molecular flexibility index (Phi) is 5.66. The molecule has 8 heteroatoms. The Balaban J connectivity index is 1.73. The van der Waals surface area contributed by atoms with Gasteiger partial charge in [0.05, 0.1) is 4.92 Å². The van der Waals surface area contributed by atoms with Crippen molar-refractivity contribution in [1.29, 1.82) is 0 Å². The molecule has 0 unspecified atom stereocenters. The predicted molar refractivity (Wildman–Crippen MR) is 79.3 cm³/mol. The lowest BCUT2D eigenvalue weighted by molar-refractivity contribution is -0.380. The molecule has 116 valence electrons. The van der Waals surface area contributed by atoms with Crippen molar-refractivity contribution in [3.63, 3.8) is 0 Å². The average molecular weight is 313 g/mol. The quantitative estimate of drug-likeness (QED) is 0.633. The van der Waals surface area contributed by atoms with Crippen LogP contribution in [-0.4, -0.2) is 48.6 Å². The predicted octanol–water partition coefficient (Wildman–Crippen LogP) is 1.38. The van der Waals surface area contributed by atoms with Gasteiger partial charge in [-0.3, -0.25) is 14.9 Å². The topological polar surface area (TPSA) is 84.7 Å². The molecule has 1 aromatic rings. The molecule has 0 aliphatic carbocycles. The van der Waals surface area contributed by atoms with Crippen molar-refractivity contribution in [3.05, 3.63) is 27.1 Å². The smallest absolute Gasteiger partial charge is 0.324 e. The van der Waals surface area contributed by atoms with E-state index in [1.165, 1.54) is 7.11 Å². The molecule has 1 aliphatic heterocycles. The molecule has 21 heavy (non-hydrogen) atoms. The van der Waals surface area contributed by atoms with Crippen LogP contribution in [0.15, 0.2) is 11.4 Å². The number of hydrogen-bond acceptors (Lipinski definition) is 6. The van der Waals surface area contributed by atoms with Crippen molar-refractivity contribution in [2.75, 3.05) is 26.8 Å². The number of amides is 1. The molecule has 0 saturated carbocycles. The van der Waals surface area contributed by atoms with Gasteiger partial charge in [0.2, 0.25) is 5.91 Å². The molecule has 0 radical (unpaired) electrons. The highest BCUT2D eigenvalue weighted by Crippen LogP contribution is 2.22. The Hall–Kier alpha value is -1.51. The van der Waals surface area contributed by atoms with E-state index in [0.717, 1.165) is 42.8 Å². The highest BCUT2D eigenvalue weighted by molar-refractivity contribution is 7.13. The van der Waals surface area contributed by atoms with Crippen LogP contribution in [0, 0.1) is 10.1 Å². The number of nitrogens with zero attached hydrogens (tertiary/aromatic N) is 2. The minimum Gasteiger partial charge on any atom is -0.375 e. The molecule has 1 N–H and O–H groups in total. The summed E-state index contributed by atoms with van der Waals surface area (Å²) in [6.45, 7) is 2.21. The van der Waals surface area contributed by atoms with Gasteiger partial charge in [-0.2, -0.15) is 0 Å². The van der Waals surface area contributed by atoms with E-state index in [1.807, 2.05) is 10.3 Å². The Bertz CT molecular complexity index is 497. The Morgan fingerprint density at radius 3 is 2.86 bits per heavy atom. The van der Waals surface area contributed by atoms with Crippen LogP contribution in [0.1, 0.15) is 18.4 Å². The number of nitrogens with one attached hydrogen (secondary N) is 1. The van der Waals surface area contributed by atoms with Crippen molar-refractivity contribution >= 4 is 22.2 Å². The molecule has 7 nitrogen and oxygen atoms in total. The molecule has 1 fully saturated rings. The number of thiophene rings is 1. The average Bonchev–Trinajstić information content (AvgIpc) is 2.95. The van der Waals surface area contributed by atoms with Gasteiger partial charge in [0, 0.05) is 44.2 Å². The van der Waals surface area contributed by atoms with Crippen LogP contribution in [0.25, 0.3) is 0 Å². The molecular weight excluding hydrogens is 294 g/mol. The number of hydrogen-bond donors (Lipinski definition) is 1. The van der Waals surface area contributed by atoms with Crippen molar-refractivity contribution in [2.45, 2.75) is 25.4 Å². The number of methoxy groups -OCH3 is 1. The maximum absolute atomic E-state index is 11.7. The molecule has 1 aliphatic rings. The van der Waals surface area contributed by atoms with Gasteiger partial charge < -0.3 is 15.0 Å². The third-order valence-corrected chi connectivity index (χ3v) is 4.46. The van der Waals surface area contributed by atoms with Gasteiger partial charge in [-0.15, -0.1) is 0 Å². The summed E-state index contributed by atoms with van der Waals surface area (Å²) in [4.78, 5) is 23.7. The first-order valence-corrected chi connectivity index (χ1v) is 7.70. The maximum atomic E-state index is 11.7. The minimum absolute atomic E-state index is 0.0319. The number of carbonyl (C=O) groups excluding carboxylic acids is 1. The highest BCUT2D eigenvalue weighted by Gasteiger charge is 2.22. The SMILES string of the molecule is COCC(=O)N1CCC(NCc2csc([N+](=O)[O-])c2)CC1. The van der Waals surface area contributed by atoms with Gasteiger partial charge in [0.15, 0.2) is 0 Å². The van der Waals surface area contributed by atoms with Crippen molar-refractivity contribution in [2.24, 2.45) is 0 Å². The number of likely N-dealkylation sites (tertiary alicyclic amines) is 1. The molecule has 1 amide bonds. The molecule has 1 aromatic heterocycles. The lowest BCUT2D eigenvalue weighted by Crippen LogP contribution is -2.45. The summed E-state index contributed by atoms with van der Waals surface area (Å²) in [7, 11) is 1.52. The van der Waals surface area contributed by atoms with Crippen LogP contribution in [-0.2, 0) is 16.1 Å². The Morgan fingerprint density at radius 2 is 2.29 bits per heavy atom. The standard InChI is InChI=1S/C13H19N3O4S/c1-20-8-12(17)15-4-2-11(3-5-15)14-7-10-6-13(16(18)19)21-9-10/h6,9,11,14H,2-5,7-8H2,1H3. The number of nitro groups is 1. The summed E-state index contributed by atoms with van der Waals surface area (Å²) in [6, 6.07) is 1.95. The van der Waals surface area contributed by atoms with E-state index in [1.54, 1.807) is 6.07 Å². The van der Waals surface area contributed by atoms with Gasteiger partial charge in [-0.25, -0.2) is 0 Å². The normalized spacial score (nSPS) is 16.1. The van der Waals surface area contributed by atoms with Crippen LogP contribution in [0.4, 0.5) is 5.00 Å². The summed E-state index contributed by atoms with van der Waals surface area (Å²) in [5, 5.41) is 16.0. The fraction of sp³-hybridized carbons (Fsp3) is 0.615. The van der Waals surface area contributed by atoms with Gasteiger partial charge in [0.1, 0.15) is 6.61 Å². The van der Waals surface area contributed by atoms with E-state index in [4.69, 9.17) is 4.74 Å². The monoisotopic (exact) mass is 313 g/mol. The van der Waals surface area contributed by atoms with Gasteiger partial charge in [-0.05, 0) is 18.4 Å². The fourth-order valence-corrected chi connectivity index (χ4v) is 3.09. The summed E-state index contributed by atoms with van der Waals surface area (Å²) < 4.78 is 4.85. The summed E-state index contributed by atoms with van der Waals surface area (Å²) >= 11 is 1.15. The lowest BCUT2D eigenvalue weighted by Gasteiger charge is -2.32. The number of carbonyl (C=O) groups is 1. The van der Waals surface area contributed by atoms with E-state index < -0.39 is 0 Å². The fourth-order valence-electron chi connectivity index (χ4n) is 2.36. The first kappa shape index (κ1) is 15.9. The molecule has 0 bridgehead atoms. The van der Waals surface area contributed by atoms with E-state index in [-0.39, 0.29) is 22.4 Å². The van der Waals surface area contributed by atoms with E-state index in [2.05, 4.69) is 5.32 Å². The molecule has 2 heterocycles. The zero-order valence-electron chi connectivity index (χ0n) is 11.9. The van der Waals surface area contributed by atoms with Crippen LogP contribution >= 0.6 is 11.3 Å². The minimum atomic E-state index is -0.367. The first-order valence-electron chi connectivity index (χ1n) is 6.82. The molecular formula is C13H19N3O4S. The van der Waals surface area contributed by atoms with E-state index in [9.17, 15) is 14.9 Å². The third-order valence-electron chi connectivity index (χ3n) is 3.53. The molecule has 0 spiro atoms. The van der Waals surface area contributed by atoms with Gasteiger partial charge >= 0.3 is 5.00 Å². The number of piperidine rings is 1. The van der Waals surface area contributed by atoms with Crippen LogP contribution in [0.3, 0.4) is 0 Å². The highest BCUT2D eigenvalue weighted by atomic mass is 32.1. The van der Waals surface area contributed by atoms with Crippen LogP contribution in [0.5, 0.6) is 0 Å². The largest absolute Gasteiger partial charge is 0.375 e. The maximum Gasteiger partial charge on any atom is 0.324 e. The second-order valence-corrected chi connectivity index (χ2v) is 5.91. The van der Waals surface area contributed by atoms with Crippen LogP contribution < -0.4 is 5.32 Å². The van der Waals surface area contributed by atoms with Crippen molar-refractivity contribution < 1.29 is 14.5 Å². The zero-order valence-corrected chi connectivity index (χ0v) is 12.7. The molecule has 1 saturated heterocycles. The zero-order chi connectivity index (χ0) is 15.2. The Labute approximate surface area is 127 Å². The van der Waals surface area contributed by atoms with Crippen LogP contribution in [0.2, 0.25) is 0 Å². The van der Waals surface area contributed by atoms with E-state index in [0.29, 0.717) is 12.6 Å². The van der Waals surface area contributed by atoms with Gasteiger partial charge in [-0.1, -0.05) is 11.3 Å². The van der Waals surface area contributed by atoms with Gasteiger partial charge in [0.25, 0.3) is 0 Å². The molecule has 0 atom stereocenters. The summed E-state index contributed by atoms with van der Waals surface area (Å²) in [5.41, 5.74) is 0.935. The van der Waals surface area contributed by atoms with Crippen molar-refractivity contribution in [3.8, 4) is 0 Å². The Morgan fingerprint density at radius 1 is 1.57 bits per heavy atom. The summed E-state index contributed by atoms with van der Waals surface area (Å²) in [6.07, 6.45) is 1.78.